The van der Waals surface area contributed by atoms with Crippen LogP contribution in [0.3, 0.4) is 0 Å². The van der Waals surface area contributed by atoms with E-state index >= 15 is 0 Å². The molecule has 18 heavy (non-hydrogen) atoms. The van der Waals surface area contributed by atoms with Gasteiger partial charge in [-0.3, -0.25) is 4.79 Å². The zero-order valence-corrected chi connectivity index (χ0v) is 11.7. The number of hydrogen-bond acceptors (Lipinski definition) is 2. The number of likely N-dealkylation sites (tertiary alicyclic amines) is 1. The van der Waals surface area contributed by atoms with Crippen molar-refractivity contribution in [2.45, 2.75) is 19.4 Å². The Morgan fingerprint density at radius 3 is 2.89 bits per heavy atom. The molecule has 1 amide bonds. The number of amides is 1. The van der Waals surface area contributed by atoms with Crippen molar-refractivity contribution in [3.8, 4) is 0 Å². The Morgan fingerprint density at radius 1 is 1.61 bits per heavy atom. The van der Waals surface area contributed by atoms with Crippen molar-refractivity contribution >= 4 is 21.8 Å². The Hall–Kier alpha value is -0.940. The van der Waals surface area contributed by atoms with Gasteiger partial charge in [-0.15, -0.1) is 0 Å². The third kappa shape index (κ3) is 2.57. The van der Waals surface area contributed by atoms with Crippen LogP contribution in [0.25, 0.3) is 0 Å². The highest BCUT2D eigenvalue weighted by Crippen LogP contribution is 2.26. The van der Waals surface area contributed by atoms with Crippen LogP contribution in [0.4, 0.5) is 4.39 Å². The van der Waals surface area contributed by atoms with Gasteiger partial charge in [0.2, 0.25) is 0 Å². The van der Waals surface area contributed by atoms with Gasteiger partial charge in [0.25, 0.3) is 5.91 Å². The first-order valence-corrected chi connectivity index (χ1v) is 6.71. The third-order valence-corrected chi connectivity index (χ3v) is 4.03. The quantitative estimate of drug-likeness (QED) is 0.910. The lowest BCUT2D eigenvalue weighted by atomic mass is 10.0. The second kappa shape index (κ2) is 5.36. The minimum Gasteiger partial charge on any atom is -0.393 e. The minimum atomic E-state index is -0.519. The second-order valence-electron chi connectivity index (χ2n) is 4.64. The number of aliphatic hydroxyl groups is 1. The number of aliphatic hydroxyl groups excluding tert-OH is 1. The first-order chi connectivity index (χ1) is 8.50. The molecule has 0 saturated carbocycles. The molecule has 98 valence electrons. The molecule has 0 aromatic heterocycles. The molecule has 2 rings (SSSR count). The maximum atomic E-state index is 13.7. The second-order valence-corrected chi connectivity index (χ2v) is 5.49. The minimum absolute atomic E-state index is 0.0729. The number of halogens is 2. The maximum absolute atomic E-state index is 13.7. The van der Waals surface area contributed by atoms with Crippen LogP contribution < -0.4 is 0 Å². The number of rotatable bonds is 2. The third-order valence-electron chi connectivity index (χ3n) is 3.37. The summed E-state index contributed by atoms with van der Waals surface area (Å²) in [6.45, 7) is 2.77. The van der Waals surface area contributed by atoms with Gasteiger partial charge in [0, 0.05) is 23.5 Å². The predicted molar refractivity (Wildman–Crippen MR) is 69.8 cm³/mol. The number of carbonyl (C=O) groups is 1. The molecule has 1 fully saturated rings. The van der Waals surface area contributed by atoms with Crippen molar-refractivity contribution in [3.05, 3.63) is 34.1 Å². The van der Waals surface area contributed by atoms with Gasteiger partial charge in [-0.05, 0) is 41.4 Å². The van der Waals surface area contributed by atoms with Crippen LogP contribution >= 0.6 is 15.9 Å². The SMILES string of the molecule is CC(O)C1CCN(C(=O)c2c(F)cccc2Br)C1. The predicted octanol–water partition coefficient (Wildman–Crippen LogP) is 2.43. The number of benzene rings is 1. The fraction of sp³-hybridized carbons (Fsp3) is 0.462. The number of carbonyl (C=O) groups excluding carboxylic acids is 1. The van der Waals surface area contributed by atoms with E-state index in [9.17, 15) is 14.3 Å². The Bertz CT molecular complexity index is 444. The lowest BCUT2D eigenvalue weighted by molar-refractivity contribution is 0.0757. The van der Waals surface area contributed by atoms with Gasteiger partial charge in [0.1, 0.15) is 5.82 Å². The highest BCUT2D eigenvalue weighted by Gasteiger charge is 2.31. The molecule has 0 spiro atoms. The van der Waals surface area contributed by atoms with Crippen molar-refractivity contribution in [2.75, 3.05) is 13.1 Å². The molecule has 1 aliphatic rings. The van der Waals surface area contributed by atoms with Gasteiger partial charge in [-0.25, -0.2) is 4.39 Å². The summed E-state index contributed by atoms with van der Waals surface area (Å²) in [6, 6.07) is 4.48. The lowest BCUT2D eigenvalue weighted by Gasteiger charge is -2.18. The summed E-state index contributed by atoms with van der Waals surface area (Å²) in [7, 11) is 0. The van der Waals surface area contributed by atoms with E-state index in [1.54, 1.807) is 24.0 Å². The maximum Gasteiger partial charge on any atom is 0.257 e. The Labute approximate surface area is 114 Å². The molecule has 1 aromatic carbocycles. The van der Waals surface area contributed by atoms with E-state index in [1.807, 2.05) is 0 Å². The van der Waals surface area contributed by atoms with Gasteiger partial charge >= 0.3 is 0 Å². The Balaban J connectivity index is 2.18. The first kappa shape index (κ1) is 13.5. The largest absolute Gasteiger partial charge is 0.393 e. The summed E-state index contributed by atoms with van der Waals surface area (Å²) in [4.78, 5) is 13.8. The molecule has 1 aromatic rings. The molecule has 1 saturated heterocycles. The summed E-state index contributed by atoms with van der Waals surface area (Å²) in [5, 5.41) is 9.51. The summed E-state index contributed by atoms with van der Waals surface area (Å²) in [6.07, 6.45) is 0.321. The topological polar surface area (TPSA) is 40.5 Å². The molecule has 1 heterocycles. The molecular formula is C13H15BrFNO2. The Morgan fingerprint density at radius 2 is 2.33 bits per heavy atom. The van der Waals surface area contributed by atoms with E-state index in [-0.39, 0.29) is 17.4 Å². The highest BCUT2D eigenvalue weighted by molar-refractivity contribution is 9.10. The Kier molecular flexibility index (Phi) is 4.02. The molecule has 2 unspecified atom stereocenters. The lowest BCUT2D eigenvalue weighted by Crippen LogP contribution is -2.31. The average molecular weight is 316 g/mol. The first-order valence-electron chi connectivity index (χ1n) is 5.92. The van der Waals surface area contributed by atoms with Crippen molar-refractivity contribution in [3.63, 3.8) is 0 Å². The van der Waals surface area contributed by atoms with Crippen LogP contribution in [0.15, 0.2) is 22.7 Å². The standard InChI is InChI=1S/C13H15BrFNO2/c1-8(17)9-5-6-16(7-9)13(18)12-10(14)3-2-4-11(12)15/h2-4,8-9,17H,5-7H2,1H3. The van der Waals surface area contributed by atoms with Crippen molar-refractivity contribution in [1.82, 2.24) is 4.90 Å². The van der Waals surface area contributed by atoms with Crippen LogP contribution in [0, 0.1) is 11.7 Å². The van der Waals surface area contributed by atoms with Crippen molar-refractivity contribution in [2.24, 2.45) is 5.92 Å². The summed E-state index contributed by atoms with van der Waals surface area (Å²) < 4.78 is 14.1. The van der Waals surface area contributed by atoms with Gasteiger partial charge in [-0.2, -0.15) is 0 Å². The van der Waals surface area contributed by atoms with Crippen LogP contribution in [0.5, 0.6) is 0 Å². The summed E-state index contributed by atoms with van der Waals surface area (Å²) >= 11 is 3.20. The van der Waals surface area contributed by atoms with Crippen LogP contribution in [0.1, 0.15) is 23.7 Å². The van der Waals surface area contributed by atoms with Crippen molar-refractivity contribution < 1.29 is 14.3 Å². The van der Waals surface area contributed by atoms with Gasteiger partial charge < -0.3 is 10.0 Å². The molecule has 2 atom stereocenters. The normalized spacial score (nSPS) is 21.1. The summed E-state index contributed by atoms with van der Waals surface area (Å²) in [5.74, 6) is -0.752. The fourth-order valence-corrected chi connectivity index (χ4v) is 2.74. The monoisotopic (exact) mass is 315 g/mol. The van der Waals surface area contributed by atoms with E-state index < -0.39 is 11.9 Å². The van der Waals surface area contributed by atoms with Crippen LogP contribution in [-0.2, 0) is 0 Å². The fourth-order valence-electron chi connectivity index (χ4n) is 2.23. The van der Waals surface area contributed by atoms with Gasteiger partial charge in [0.15, 0.2) is 0 Å². The number of hydrogen-bond donors (Lipinski definition) is 1. The van der Waals surface area contributed by atoms with Gasteiger partial charge in [0.05, 0.1) is 11.7 Å². The van der Waals surface area contributed by atoms with E-state index in [4.69, 9.17) is 0 Å². The van der Waals surface area contributed by atoms with E-state index in [0.29, 0.717) is 17.6 Å². The molecular weight excluding hydrogens is 301 g/mol. The zero-order valence-electron chi connectivity index (χ0n) is 10.1. The van der Waals surface area contributed by atoms with E-state index in [0.717, 1.165) is 6.42 Å². The molecule has 3 nitrogen and oxygen atoms in total. The molecule has 1 aliphatic heterocycles. The molecule has 0 bridgehead atoms. The highest BCUT2D eigenvalue weighted by atomic mass is 79.9. The van der Waals surface area contributed by atoms with E-state index in [2.05, 4.69) is 15.9 Å². The van der Waals surface area contributed by atoms with Crippen LogP contribution in [-0.4, -0.2) is 35.1 Å². The average Bonchev–Trinajstić information content (AvgIpc) is 2.77. The smallest absolute Gasteiger partial charge is 0.257 e. The summed E-state index contributed by atoms with van der Waals surface area (Å²) in [5.41, 5.74) is 0.0729. The zero-order chi connectivity index (χ0) is 13.3. The molecule has 0 radical (unpaired) electrons. The van der Waals surface area contributed by atoms with Gasteiger partial charge in [-0.1, -0.05) is 6.07 Å². The molecule has 5 heteroatoms. The van der Waals surface area contributed by atoms with Crippen LogP contribution in [0.2, 0.25) is 0 Å². The molecule has 1 N–H and O–H groups in total. The van der Waals surface area contributed by atoms with Crippen molar-refractivity contribution in [1.29, 1.82) is 0 Å². The number of nitrogens with zero attached hydrogens (tertiary/aromatic N) is 1. The van der Waals surface area contributed by atoms with E-state index in [1.165, 1.54) is 6.07 Å². The molecule has 0 aliphatic carbocycles.